The van der Waals surface area contributed by atoms with E-state index in [1.54, 1.807) is 0 Å². The molecule has 0 aliphatic carbocycles. The van der Waals surface area contributed by atoms with Gasteiger partial charge >= 0.3 is 12.3 Å². The molecular weight excluding hydrogens is 267 g/mol. The number of hydrogen-bond donors (Lipinski definition) is 0. The smallest absolute Gasteiger partial charge is 0.495 e. The molecule has 0 aromatic heterocycles. The average Bonchev–Trinajstić information content (AvgIpc) is 2.35. The number of benzene rings is 1. The summed E-state index contributed by atoms with van der Waals surface area (Å²) in [6, 6.07) is 3.69. The van der Waals surface area contributed by atoms with E-state index in [0.717, 1.165) is 13.2 Å². The number of esters is 1. The van der Waals surface area contributed by atoms with Gasteiger partial charge in [0.05, 0.1) is 14.2 Å². The van der Waals surface area contributed by atoms with E-state index in [1.807, 2.05) is 0 Å². The number of nitrogens with zero attached hydrogens (tertiary/aromatic N) is 1. The van der Waals surface area contributed by atoms with Crippen molar-refractivity contribution in [3.8, 4) is 17.6 Å². The van der Waals surface area contributed by atoms with Crippen molar-refractivity contribution in [2.24, 2.45) is 0 Å². The Balaban J connectivity index is 3.50. The highest BCUT2D eigenvalue weighted by atomic mass is 19.4. The summed E-state index contributed by atoms with van der Waals surface area (Å²) in [7, 11) is 2.17. The fraction of sp³-hybridized carbons (Fsp3) is 0.273. The zero-order chi connectivity index (χ0) is 14.6. The van der Waals surface area contributed by atoms with Crippen LogP contribution < -0.4 is 9.47 Å². The fourth-order valence-corrected chi connectivity index (χ4v) is 1.33. The van der Waals surface area contributed by atoms with Gasteiger partial charge in [0.25, 0.3) is 0 Å². The van der Waals surface area contributed by atoms with Crippen LogP contribution in [0.3, 0.4) is 0 Å². The third-order valence-corrected chi connectivity index (χ3v) is 2.07. The molecule has 1 aromatic rings. The predicted octanol–water partition coefficient (Wildman–Crippen LogP) is 2.25. The quantitative estimate of drug-likeness (QED) is 0.791. The maximum atomic E-state index is 12.3. The lowest BCUT2D eigenvalue weighted by Gasteiger charge is -2.15. The number of methoxy groups -OCH3 is 2. The minimum absolute atomic E-state index is 0.144. The normalized spacial score (nSPS) is 10.5. The summed E-state index contributed by atoms with van der Waals surface area (Å²) >= 11 is 0. The standard InChI is InChI=1S/C11H8F3NO4/c1-17-8-4-3-6(10(16)18-2)9(7(8)5-15)19-11(12,13)14/h3-4H,1-2H3. The first-order valence-corrected chi connectivity index (χ1v) is 4.79. The van der Waals surface area contributed by atoms with Crippen LogP contribution in [-0.4, -0.2) is 26.6 Å². The molecule has 0 heterocycles. The highest BCUT2D eigenvalue weighted by molar-refractivity contribution is 5.94. The molecule has 0 amide bonds. The molecule has 0 unspecified atom stereocenters. The maximum Gasteiger partial charge on any atom is 0.573 e. The molecule has 0 spiro atoms. The summed E-state index contributed by atoms with van der Waals surface area (Å²) in [4.78, 5) is 11.4. The highest BCUT2D eigenvalue weighted by Gasteiger charge is 2.35. The van der Waals surface area contributed by atoms with Crippen molar-refractivity contribution in [1.29, 1.82) is 5.26 Å². The molecule has 0 aliphatic rings. The first-order chi connectivity index (χ1) is 8.84. The molecule has 0 bridgehead atoms. The summed E-state index contributed by atoms with van der Waals surface area (Å²) in [6.07, 6.45) is -5.05. The van der Waals surface area contributed by atoms with Crippen LogP contribution in [-0.2, 0) is 4.74 Å². The Morgan fingerprint density at radius 3 is 2.37 bits per heavy atom. The highest BCUT2D eigenvalue weighted by Crippen LogP contribution is 2.35. The van der Waals surface area contributed by atoms with E-state index in [0.29, 0.717) is 0 Å². The van der Waals surface area contributed by atoms with Crippen molar-refractivity contribution in [3.63, 3.8) is 0 Å². The third-order valence-electron chi connectivity index (χ3n) is 2.07. The second kappa shape index (κ2) is 5.48. The Morgan fingerprint density at radius 2 is 1.95 bits per heavy atom. The number of rotatable bonds is 3. The number of hydrogen-bond acceptors (Lipinski definition) is 5. The van der Waals surface area contributed by atoms with Crippen molar-refractivity contribution in [2.75, 3.05) is 14.2 Å². The molecule has 8 heteroatoms. The van der Waals surface area contributed by atoms with Crippen molar-refractivity contribution in [1.82, 2.24) is 0 Å². The van der Waals surface area contributed by atoms with Gasteiger partial charge in [0.1, 0.15) is 22.9 Å². The molecule has 0 aliphatic heterocycles. The number of ether oxygens (including phenoxy) is 3. The topological polar surface area (TPSA) is 68.5 Å². The minimum atomic E-state index is -5.05. The molecule has 0 fully saturated rings. The predicted molar refractivity (Wildman–Crippen MR) is 55.7 cm³/mol. The monoisotopic (exact) mass is 275 g/mol. The van der Waals surface area contributed by atoms with Gasteiger partial charge in [-0.2, -0.15) is 5.26 Å². The van der Waals surface area contributed by atoms with Gasteiger partial charge in [-0.25, -0.2) is 4.79 Å². The van der Waals surface area contributed by atoms with E-state index in [1.165, 1.54) is 19.2 Å². The van der Waals surface area contributed by atoms with E-state index < -0.39 is 29.2 Å². The zero-order valence-electron chi connectivity index (χ0n) is 9.87. The van der Waals surface area contributed by atoms with Crippen LogP contribution in [0, 0.1) is 11.3 Å². The molecule has 0 saturated heterocycles. The van der Waals surface area contributed by atoms with Crippen molar-refractivity contribution in [3.05, 3.63) is 23.3 Å². The number of carbonyl (C=O) groups is 1. The first-order valence-electron chi connectivity index (χ1n) is 4.79. The molecule has 1 aromatic carbocycles. The van der Waals surface area contributed by atoms with Crippen LogP contribution in [0.4, 0.5) is 13.2 Å². The van der Waals surface area contributed by atoms with E-state index in [9.17, 15) is 18.0 Å². The molecule has 19 heavy (non-hydrogen) atoms. The SMILES string of the molecule is COC(=O)c1ccc(OC)c(C#N)c1OC(F)(F)F. The van der Waals surface area contributed by atoms with Gasteiger partial charge in [-0.1, -0.05) is 0 Å². The molecule has 0 N–H and O–H groups in total. The van der Waals surface area contributed by atoms with Gasteiger partial charge in [0.2, 0.25) is 0 Å². The number of carbonyl (C=O) groups excluding carboxylic acids is 1. The largest absolute Gasteiger partial charge is 0.573 e. The lowest BCUT2D eigenvalue weighted by molar-refractivity contribution is -0.274. The molecule has 0 atom stereocenters. The number of nitriles is 1. The first kappa shape index (κ1) is 14.6. The molecule has 5 nitrogen and oxygen atoms in total. The van der Waals surface area contributed by atoms with Crippen LogP contribution in [0.25, 0.3) is 0 Å². The van der Waals surface area contributed by atoms with Crippen LogP contribution in [0.15, 0.2) is 12.1 Å². The summed E-state index contributed by atoms with van der Waals surface area (Å²) in [5.74, 6) is -2.14. The lowest BCUT2D eigenvalue weighted by atomic mass is 10.1. The molecule has 102 valence electrons. The van der Waals surface area contributed by atoms with Crippen molar-refractivity contribution in [2.45, 2.75) is 6.36 Å². The Hall–Kier alpha value is -2.43. The second-order valence-electron chi connectivity index (χ2n) is 3.17. The Morgan fingerprint density at radius 1 is 1.32 bits per heavy atom. The summed E-state index contributed by atoms with van der Waals surface area (Å²) < 4.78 is 49.7. The molecule has 0 saturated carbocycles. The molecular formula is C11H8F3NO4. The van der Waals surface area contributed by atoms with E-state index in [2.05, 4.69) is 9.47 Å². The lowest BCUT2D eigenvalue weighted by Crippen LogP contribution is -2.20. The van der Waals surface area contributed by atoms with Gasteiger partial charge in [0.15, 0.2) is 5.75 Å². The Labute approximate surface area is 106 Å². The van der Waals surface area contributed by atoms with E-state index in [4.69, 9.17) is 10.00 Å². The van der Waals surface area contributed by atoms with Crippen LogP contribution in [0.1, 0.15) is 15.9 Å². The zero-order valence-corrected chi connectivity index (χ0v) is 9.87. The van der Waals surface area contributed by atoms with Gasteiger partial charge in [0, 0.05) is 0 Å². The summed E-state index contributed by atoms with van der Waals surface area (Å²) in [5.41, 5.74) is -1.06. The minimum Gasteiger partial charge on any atom is -0.495 e. The van der Waals surface area contributed by atoms with Gasteiger partial charge in [-0.05, 0) is 12.1 Å². The van der Waals surface area contributed by atoms with Crippen LogP contribution in [0.2, 0.25) is 0 Å². The van der Waals surface area contributed by atoms with Gasteiger partial charge in [-0.15, -0.1) is 13.2 Å². The van der Waals surface area contributed by atoms with Crippen LogP contribution >= 0.6 is 0 Å². The number of halogens is 3. The van der Waals surface area contributed by atoms with Crippen molar-refractivity contribution < 1.29 is 32.2 Å². The summed E-state index contributed by atoms with van der Waals surface area (Å²) in [6.45, 7) is 0. The van der Waals surface area contributed by atoms with E-state index in [-0.39, 0.29) is 5.75 Å². The fourth-order valence-electron chi connectivity index (χ4n) is 1.33. The van der Waals surface area contributed by atoms with Gasteiger partial charge < -0.3 is 14.2 Å². The second-order valence-corrected chi connectivity index (χ2v) is 3.17. The molecule has 0 radical (unpaired) electrons. The van der Waals surface area contributed by atoms with E-state index >= 15 is 0 Å². The maximum absolute atomic E-state index is 12.3. The average molecular weight is 275 g/mol. The van der Waals surface area contributed by atoms with Crippen molar-refractivity contribution >= 4 is 5.97 Å². The number of alkyl halides is 3. The Kier molecular flexibility index (Phi) is 4.22. The van der Waals surface area contributed by atoms with Gasteiger partial charge in [-0.3, -0.25) is 0 Å². The van der Waals surface area contributed by atoms with Crippen LogP contribution in [0.5, 0.6) is 11.5 Å². The summed E-state index contributed by atoms with van der Waals surface area (Å²) in [5, 5.41) is 8.88. The third kappa shape index (κ3) is 3.28. The molecule has 1 rings (SSSR count). The Bertz CT molecular complexity index is 534.